The number of benzene rings is 2. The Bertz CT molecular complexity index is 1520. The summed E-state index contributed by atoms with van der Waals surface area (Å²) in [4.78, 5) is 18.2. The molecule has 0 amide bonds. The van der Waals surface area contributed by atoms with Crippen molar-refractivity contribution < 1.29 is 14.3 Å². The molecule has 2 fully saturated rings. The van der Waals surface area contributed by atoms with Gasteiger partial charge in [-0.15, -0.1) is 0 Å². The third kappa shape index (κ3) is 5.36. The number of piperidine rings is 1. The number of aryl methyl sites for hydroxylation is 1. The number of aliphatic hydroxyl groups excluding tert-OH is 1. The van der Waals surface area contributed by atoms with Gasteiger partial charge >= 0.3 is 0 Å². The maximum Gasteiger partial charge on any atom is 0.127 e. The topological polar surface area (TPSA) is 77.4 Å². The van der Waals surface area contributed by atoms with Crippen LogP contribution in [0.4, 0.5) is 4.39 Å². The van der Waals surface area contributed by atoms with E-state index in [9.17, 15) is 14.3 Å². The van der Waals surface area contributed by atoms with Gasteiger partial charge in [-0.1, -0.05) is 36.8 Å². The van der Waals surface area contributed by atoms with Crippen LogP contribution in [0.2, 0.25) is 0 Å². The fourth-order valence-electron chi connectivity index (χ4n) is 6.80. The Labute approximate surface area is 241 Å². The third-order valence-electron chi connectivity index (χ3n) is 9.47. The zero-order chi connectivity index (χ0) is 28.6. The van der Waals surface area contributed by atoms with Crippen molar-refractivity contribution in [3.05, 3.63) is 77.5 Å². The van der Waals surface area contributed by atoms with E-state index in [0.717, 1.165) is 73.9 Å². The number of aromatic amines is 1. The first-order valence-corrected chi connectivity index (χ1v) is 14.8. The van der Waals surface area contributed by atoms with E-state index in [2.05, 4.69) is 45.1 Å². The molecule has 7 rings (SSSR count). The SMILES string of the molecule is CN1CCC2(CC1)CN(Cc1ccccc1F)C(CO)c1[nH]c3cc(-c4cnn(C)c4)ccc3c12.O=CC1CCC1. The first kappa shape index (κ1) is 27.8. The molecule has 1 unspecified atom stereocenters. The molecule has 2 aliphatic heterocycles. The zero-order valence-corrected chi connectivity index (χ0v) is 24.0. The lowest BCUT2D eigenvalue weighted by Crippen LogP contribution is -2.53. The summed E-state index contributed by atoms with van der Waals surface area (Å²) in [5.74, 6) is 0.246. The molecule has 2 N–H and O–H groups in total. The quantitative estimate of drug-likeness (QED) is 0.330. The van der Waals surface area contributed by atoms with Crippen LogP contribution in [0.15, 0.2) is 54.9 Å². The average molecular weight is 558 g/mol. The Morgan fingerprint density at radius 2 is 1.90 bits per heavy atom. The van der Waals surface area contributed by atoms with E-state index < -0.39 is 0 Å². The van der Waals surface area contributed by atoms with Crippen LogP contribution in [0.25, 0.3) is 22.0 Å². The van der Waals surface area contributed by atoms with E-state index in [1.165, 1.54) is 23.4 Å². The lowest BCUT2D eigenvalue weighted by molar-refractivity contribution is -0.113. The zero-order valence-electron chi connectivity index (χ0n) is 24.0. The summed E-state index contributed by atoms with van der Waals surface area (Å²) in [5.41, 5.74) is 6.35. The van der Waals surface area contributed by atoms with Crippen LogP contribution in [-0.2, 0) is 23.8 Å². The van der Waals surface area contributed by atoms with E-state index in [1.54, 1.807) is 6.07 Å². The summed E-state index contributed by atoms with van der Waals surface area (Å²) in [7, 11) is 4.11. The molecule has 1 aliphatic carbocycles. The number of likely N-dealkylation sites (tertiary alicyclic amines) is 1. The average Bonchev–Trinajstić information content (AvgIpc) is 3.55. The van der Waals surface area contributed by atoms with Crippen LogP contribution in [0.3, 0.4) is 0 Å². The van der Waals surface area contributed by atoms with E-state index in [0.29, 0.717) is 18.0 Å². The Morgan fingerprint density at radius 1 is 1.12 bits per heavy atom. The highest BCUT2D eigenvalue weighted by molar-refractivity contribution is 5.90. The van der Waals surface area contributed by atoms with Crippen molar-refractivity contribution in [1.82, 2.24) is 24.6 Å². The molecule has 0 radical (unpaired) electrons. The number of hydrogen-bond donors (Lipinski definition) is 2. The number of H-pyrrole nitrogens is 1. The number of nitrogens with zero attached hydrogens (tertiary/aromatic N) is 4. The normalized spacial score (nSPS) is 20.8. The van der Waals surface area contributed by atoms with Gasteiger partial charge in [0, 0.05) is 65.4 Å². The summed E-state index contributed by atoms with van der Waals surface area (Å²) >= 11 is 0. The lowest BCUT2D eigenvalue weighted by Gasteiger charge is -2.50. The van der Waals surface area contributed by atoms with Crippen molar-refractivity contribution in [2.45, 2.75) is 50.1 Å². The molecule has 1 atom stereocenters. The van der Waals surface area contributed by atoms with E-state index in [4.69, 9.17) is 0 Å². The minimum absolute atomic E-state index is 0.0142. The van der Waals surface area contributed by atoms with E-state index >= 15 is 0 Å². The summed E-state index contributed by atoms with van der Waals surface area (Å²) in [6.07, 6.45) is 10.6. The van der Waals surface area contributed by atoms with Crippen LogP contribution in [0.1, 0.15) is 55.0 Å². The van der Waals surface area contributed by atoms with Gasteiger partial charge in [-0.2, -0.15) is 5.10 Å². The molecule has 4 heterocycles. The highest BCUT2D eigenvalue weighted by Crippen LogP contribution is 2.49. The molecule has 1 saturated carbocycles. The summed E-state index contributed by atoms with van der Waals surface area (Å²) in [6, 6.07) is 13.4. The van der Waals surface area contributed by atoms with Gasteiger partial charge < -0.3 is 19.8 Å². The van der Waals surface area contributed by atoms with Gasteiger partial charge in [0.15, 0.2) is 0 Å². The van der Waals surface area contributed by atoms with Crippen molar-refractivity contribution in [1.29, 1.82) is 0 Å². The number of halogens is 1. The molecule has 0 bridgehead atoms. The van der Waals surface area contributed by atoms with Gasteiger partial charge in [-0.3, -0.25) is 9.58 Å². The highest BCUT2D eigenvalue weighted by Gasteiger charge is 2.47. The number of carbonyl (C=O) groups is 1. The number of rotatable bonds is 5. The summed E-state index contributed by atoms with van der Waals surface area (Å²) < 4.78 is 16.4. The van der Waals surface area contributed by atoms with Crippen LogP contribution in [0.5, 0.6) is 0 Å². The van der Waals surface area contributed by atoms with Crippen molar-refractivity contribution in [3.8, 4) is 11.1 Å². The fraction of sp³-hybridized carbons (Fsp3) is 0.455. The first-order valence-electron chi connectivity index (χ1n) is 14.8. The van der Waals surface area contributed by atoms with Crippen molar-refractivity contribution in [3.63, 3.8) is 0 Å². The predicted molar refractivity (Wildman–Crippen MR) is 159 cm³/mol. The smallest absolute Gasteiger partial charge is 0.127 e. The molecular formula is C33H40FN5O2. The van der Waals surface area contributed by atoms with E-state index in [-0.39, 0.29) is 23.9 Å². The molecule has 2 aromatic heterocycles. The Hall–Kier alpha value is -3.33. The minimum Gasteiger partial charge on any atom is -0.394 e. The van der Waals surface area contributed by atoms with Crippen LogP contribution in [0, 0.1) is 11.7 Å². The Balaban J connectivity index is 0.000000449. The molecule has 1 saturated heterocycles. The maximum absolute atomic E-state index is 14.6. The lowest BCUT2D eigenvalue weighted by atomic mass is 9.68. The monoisotopic (exact) mass is 557 g/mol. The Kier molecular flexibility index (Phi) is 7.81. The number of fused-ring (bicyclic) bond motifs is 4. The number of aliphatic hydroxyl groups is 1. The first-order chi connectivity index (χ1) is 19.9. The number of hydrogen-bond acceptors (Lipinski definition) is 5. The van der Waals surface area contributed by atoms with Crippen LogP contribution < -0.4 is 0 Å². The molecule has 41 heavy (non-hydrogen) atoms. The molecule has 2 aromatic carbocycles. The van der Waals surface area contributed by atoms with Gasteiger partial charge in [0.05, 0.1) is 18.8 Å². The molecule has 216 valence electrons. The van der Waals surface area contributed by atoms with Crippen LogP contribution >= 0.6 is 0 Å². The highest BCUT2D eigenvalue weighted by atomic mass is 19.1. The molecule has 1 spiro atoms. The van der Waals surface area contributed by atoms with Crippen molar-refractivity contribution in [2.75, 3.05) is 33.3 Å². The number of aromatic nitrogens is 3. The molecule has 3 aliphatic rings. The van der Waals surface area contributed by atoms with E-state index in [1.807, 2.05) is 36.3 Å². The largest absolute Gasteiger partial charge is 0.394 e. The summed E-state index contributed by atoms with van der Waals surface area (Å²) in [6.45, 7) is 3.32. The second kappa shape index (κ2) is 11.5. The molecule has 7 nitrogen and oxygen atoms in total. The number of nitrogens with one attached hydrogen (secondary N) is 1. The van der Waals surface area contributed by atoms with Gasteiger partial charge in [0.25, 0.3) is 0 Å². The minimum atomic E-state index is -0.205. The standard InChI is InChI=1S/C28H32FN5O.C5H8O/c1-32-11-9-28(10-12-32)18-34(16-20-5-3-4-6-23(20)29)25(17-35)27-26(28)22-8-7-19(13-24(22)31-27)21-14-30-33(2)15-21;6-4-5-2-1-3-5/h3-8,13-15,25,31,35H,9-12,16-18H2,1-2H3;4-5H,1-3H2. The fourth-order valence-corrected chi connectivity index (χ4v) is 6.80. The van der Waals surface area contributed by atoms with Crippen LogP contribution in [-0.4, -0.2) is 69.2 Å². The van der Waals surface area contributed by atoms with Crippen molar-refractivity contribution in [2.24, 2.45) is 13.0 Å². The van der Waals surface area contributed by atoms with Gasteiger partial charge in [0.2, 0.25) is 0 Å². The third-order valence-corrected chi connectivity index (χ3v) is 9.47. The second-order valence-corrected chi connectivity index (χ2v) is 12.2. The number of aldehydes is 1. The van der Waals surface area contributed by atoms with Gasteiger partial charge in [-0.25, -0.2) is 4.39 Å². The molecular weight excluding hydrogens is 517 g/mol. The Morgan fingerprint density at radius 3 is 2.51 bits per heavy atom. The van der Waals surface area contributed by atoms with Crippen molar-refractivity contribution >= 4 is 17.2 Å². The second-order valence-electron chi connectivity index (χ2n) is 12.2. The summed E-state index contributed by atoms with van der Waals surface area (Å²) in [5, 5.41) is 16.1. The van der Waals surface area contributed by atoms with Gasteiger partial charge in [0.1, 0.15) is 12.1 Å². The maximum atomic E-state index is 14.6. The number of carbonyl (C=O) groups excluding carboxylic acids is 1. The predicted octanol–water partition coefficient (Wildman–Crippen LogP) is 5.21. The van der Waals surface area contributed by atoms with Gasteiger partial charge in [-0.05, 0) is 69.1 Å². The molecule has 8 heteroatoms. The molecule has 4 aromatic rings.